The fourth-order valence-corrected chi connectivity index (χ4v) is 3.32. The first-order chi connectivity index (χ1) is 9.60. The molecule has 0 aliphatic rings. The van der Waals surface area contributed by atoms with E-state index in [4.69, 9.17) is 0 Å². The van der Waals surface area contributed by atoms with Crippen molar-refractivity contribution in [2.45, 2.75) is 32.7 Å². The van der Waals surface area contributed by atoms with Crippen molar-refractivity contribution in [1.82, 2.24) is 10.3 Å². The van der Waals surface area contributed by atoms with Gasteiger partial charge < -0.3 is 5.32 Å². The van der Waals surface area contributed by atoms with Crippen molar-refractivity contribution >= 4 is 27.3 Å². The normalized spacial score (nSPS) is 12.6. The van der Waals surface area contributed by atoms with E-state index in [1.807, 2.05) is 25.3 Å². The SMILES string of the molecule is CCCNC(Cc1ccc(F)c(Br)c1)c1cnc(C)s1. The molecule has 1 atom stereocenters. The first-order valence-corrected chi connectivity index (χ1v) is 8.30. The fourth-order valence-electron chi connectivity index (χ4n) is 2.03. The second-order valence-corrected chi connectivity index (χ2v) is 6.86. The summed E-state index contributed by atoms with van der Waals surface area (Å²) in [6.07, 6.45) is 3.85. The van der Waals surface area contributed by atoms with E-state index in [0.717, 1.165) is 30.0 Å². The Labute approximate surface area is 131 Å². The summed E-state index contributed by atoms with van der Waals surface area (Å²) in [6.45, 7) is 5.12. The van der Waals surface area contributed by atoms with Crippen LogP contribution in [0.3, 0.4) is 0 Å². The zero-order valence-electron chi connectivity index (χ0n) is 11.6. The van der Waals surface area contributed by atoms with Gasteiger partial charge in [-0.3, -0.25) is 0 Å². The monoisotopic (exact) mass is 356 g/mol. The van der Waals surface area contributed by atoms with Crippen molar-refractivity contribution in [3.63, 3.8) is 0 Å². The molecule has 0 bridgehead atoms. The zero-order chi connectivity index (χ0) is 14.5. The molecule has 108 valence electrons. The maximum absolute atomic E-state index is 13.3. The molecule has 0 fully saturated rings. The van der Waals surface area contributed by atoms with Crippen molar-refractivity contribution in [3.8, 4) is 0 Å². The summed E-state index contributed by atoms with van der Waals surface area (Å²) in [7, 11) is 0. The van der Waals surface area contributed by atoms with Crippen LogP contribution in [0.1, 0.15) is 34.8 Å². The third-order valence-electron chi connectivity index (χ3n) is 3.05. The van der Waals surface area contributed by atoms with Crippen LogP contribution in [0, 0.1) is 12.7 Å². The van der Waals surface area contributed by atoms with E-state index in [2.05, 4.69) is 33.2 Å². The third kappa shape index (κ3) is 4.11. The summed E-state index contributed by atoms with van der Waals surface area (Å²) in [5.74, 6) is -0.222. The molecule has 0 saturated heterocycles. The molecule has 0 aliphatic heterocycles. The first-order valence-electron chi connectivity index (χ1n) is 6.69. The van der Waals surface area contributed by atoms with Crippen LogP contribution >= 0.6 is 27.3 Å². The summed E-state index contributed by atoms with van der Waals surface area (Å²) in [4.78, 5) is 5.56. The number of thiazole rings is 1. The number of halogens is 2. The lowest BCUT2D eigenvalue weighted by atomic mass is 10.0. The molecule has 0 amide bonds. The number of hydrogen-bond donors (Lipinski definition) is 1. The van der Waals surface area contributed by atoms with Crippen molar-refractivity contribution in [2.24, 2.45) is 0 Å². The molecule has 2 nitrogen and oxygen atoms in total. The van der Waals surface area contributed by atoms with Gasteiger partial charge in [0.2, 0.25) is 0 Å². The lowest BCUT2D eigenvalue weighted by Crippen LogP contribution is -2.23. The van der Waals surface area contributed by atoms with E-state index in [9.17, 15) is 4.39 Å². The molecule has 0 aliphatic carbocycles. The van der Waals surface area contributed by atoms with Gasteiger partial charge in [0.25, 0.3) is 0 Å². The van der Waals surface area contributed by atoms with Gasteiger partial charge in [0.15, 0.2) is 0 Å². The van der Waals surface area contributed by atoms with Gasteiger partial charge in [0.05, 0.1) is 9.48 Å². The molecule has 0 radical (unpaired) electrons. The predicted octanol–water partition coefficient (Wildman–Crippen LogP) is 4.64. The van der Waals surface area contributed by atoms with E-state index in [-0.39, 0.29) is 11.9 Å². The summed E-state index contributed by atoms with van der Waals surface area (Å²) in [6, 6.07) is 5.44. The largest absolute Gasteiger partial charge is 0.309 e. The molecule has 1 unspecified atom stereocenters. The van der Waals surface area contributed by atoms with Crippen LogP contribution in [0.4, 0.5) is 4.39 Å². The number of nitrogens with one attached hydrogen (secondary N) is 1. The Morgan fingerprint density at radius 3 is 2.85 bits per heavy atom. The van der Waals surface area contributed by atoms with Gasteiger partial charge >= 0.3 is 0 Å². The Morgan fingerprint density at radius 1 is 1.45 bits per heavy atom. The molecule has 1 heterocycles. The van der Waals surface area contributed by atoms with Gasteiger partial charge in [0.1, 0.15) is 5.82 Å². The number of benzene rings is 1. The fraction of sp³-hybridized carbons (Fsp3) is 0.400. The lowest BCUT2D eigenvalue weighted by molar-refractivity contribution is 0.535. The summed E-state index contributed by atoms with van der Waals surface area (Å²) in [5.41, 5.74) is 1.11. The van der Waals surface area contributed by atoms with Crippen LogP contribution < -0.4 is 5.32 Å². The summed E-state index contributed by atoms with van der Waals surface area (Å²) >= 11 is 4.96. The van der Waals surface area contributed by atoms with Crippen LogP contribution in [0.15, 0.2) is 28.9 Å². The topological polar surface area (TPSA) is 24.9 Å². The minimum Gasteiger partial charge on any atom is -0.309 e. The molecule has 1 aromatic carbocycles. The Hall–Kier alpha value is -0.780. The number of aromatic nitrogens is 1. The first kappa shape index (κ1) is 15.6. The molecule has 20 heavy (non-hydrogen) atoms. The maximum Gasteiger partial charge on any atom is 0.137 e. The number of hydrogen-bond acceptors (Lipinski definition) is 3. The standard InChI is InChI=1S/C15H18BrFN2S/c1-3-6-18-14(15-9-19-10(2)20-15)8-11-4-5-13(17)12(16)7-11/h4-5,7,9,14,18H,3,6,8H2,1-2H3. The van der Waals surface area contributed by atoms with Crippen molar-refractivity contribution in [1.29, 1.82) is 0 Å². The molecule has 5 heteroatoms. The maximum atomic E-state index is 13.3. The number of aryl methyl sites for hydroxylation is 1. The van der Waals surface area contributed by atoms with Crippen LogP contribution in [0.2, 0.25) is 0 Å². The minimum atomic E-state index is -0.222. The van der Waals surface area contributed by atoms with Crippen molar-refractivity contribution in [2.75, 3.05) is 6.54 Å². The third-order valence-corrected chi connectivity index (χ3v) is 4.68. The Bertz CT molecular complexity index is 571. The summed E-state index contributed by atoms with van der Waals surface area (Å²) in [5, 5.41) is 4.62. The van der Waals surface area contributed by atoms with Gasteiger partial charge in [-0.15, -0.1) is 11.3 Å². The average molecular weight is 357 g/mol. The van der Waals surface area contributed by atoms with Gasteiger partial charge in [-0.2, -0.15) is 0 Å². The highest BCUT2D eigenvalue weighted by atomic mass is 79.9. The average Bonchev–Trinajstić information content (AvgIpc) is 2.85. The second kappa shape index (κ2) is 7.29. The highest BCUT2D eigenvalue weighted by molar-refractivity contribution is 9.10. The zero-order valence-corrected chi connectivity index (χ0v) is 14.0. The lowest BCUT2D eigenvalue weighted by Gasteiger charge is -2.17. The van der Waals surface area contributed by atoms with E-state index in [0.29, 0.717) is 4.47 Å². The van der Waals surface area contributed by atoms with E-state index in [1.54, 1.807) is 11.3 Å². The van der Waals surface area contributed by atoms with E-state index in [1.165, 1.54) is 10.9 Å². The Balaban J connectivity index is 2.16. The number of rotatable bonds is 6. The van der Waals surface area contributed by atoms with Gasteiger partial charge in [-0.1, -0.05) is 13.0 Å². The van der Waals surface area contributed by atoms with E-state index >= 15 is 0 Å². The van der Waals surface area contributed by atoms with Crippen LogP contribution in [-0.4, -0.2) is 11.5 Å². The quantitative estimate of drug-likeness (QED) is 0.815. The Morgan fingerprint density at radius 2 is 2.25 bits per heavy atom. The van der Waals surface area contributed by atoms with Gasteiger partial charge in [-0.25, -0.2) is 9.37 Å². The highest BCUT2D eigenvalue weighted by Gasteiger charge is 2.15. The second-order valence-electron chi connectivity index (χ2n) is 4.74. The molecular weight excluding hydrogens is 339 g/mol. The number of nitrogens with zero attached hydrogens (tertiary/aromatic N) is 1. The van der Waals surface area contributed by atoms with Crippen molar-refractivity contribution < 1.29 is 4.39 Å². The van der Waals surface area contributed by atoms with Crippen LogP contribution in [0.25, 0.3) is 0 Å². The van der Waals surface area contributed by atoms with Crippen LogP contribution in [0.5, 0.6) is 0 Å². The minimum absolute atomic E-state index is 0.222. The van der Waals surface area contributed by atoms with Gasteiger partial charge in [-0.05, 0) is 59.9 Å². The van der Waals surface area contributed by atoms with Crippen molar-refractivity contribution in [3.05, 3.63) is 50.1 Å². The highest BCUT2D eigenvalue weighted by Crippen LogP contribution is 2.26. The molecule has 1 N–H and O–H groups in total. The molecule has 2 rings (SSSR count). The molecule has 0 spiro atoms. The molecule has 0 saturated carbocycles. The molecule has 1 aromatic heterocycles. The molecule has 2 aromatic rings. The van der Waals surface area contributed by atoms with Crippen LogP contribution in [-0.2, 0) is 6.42 Å². The predicted molar refractivity (Wildman–Crippen MR) is 85.7 cm³/mol. The molecular formula is C15H18BrFN2S. The summed E-state index contributed by atoms with van der Waals surface area (Å²) < 4.78 is 13.8. The smallest absolute Gasteiger partial charge is 0.137 e. The van der Waals surface area contributed by atoms with Gasteiger partial charge in [0, 0.05) is 17.1 Å². The Kier molecular flexibility index (Phi) is 5.69. The van der Waals surface area contributed by atoms with E-state index < -0.39 is 0 Å².